The van der Waals surface area contributed by atoms with Crippen molar-refractivity contribution in [2.75, 3.05) is 19.6 Å². The predicted molar refractivity (Wildman–Crippen MR) is 108 cm³/mol. The van der Waals surface area contributed by atoms with E-state index in [1.807, 2.05) is 35.2 Å². The molecular weight excluding hydrogens is 417 g/mol. The Hall–Kier alpha value is -2.29. The molecule has 2 saturated heterocycles. The topological polar surface area (TPSA) is 49.9 Å². The van der Waals surface area contributed by atoms with Crippen molar-refractivity contribution in [2.24, 2.45) is 0 Å². The fraction of sp³-hybridized carbons (Fsp3) is 0.524. The number of hydrogen-bond donors (Lipinski definition) is 0. The number of carbonyl (C=O) groups is 2. The van der Waals surface area contributed by atoms with Gasteiger partial charge in [-0.2, -0.15) is 13.2 Å². The van der Waals surface area contributed by atoms with Gasteiger partial charge in [-0.25, -0.2) is 4.79 Å². The minimum Gasteiger partial charge on any atom is -0.437 e. The van der Waals surface area contributed by atoms with Crippen molar-refractivity contribution in [3.05, 3.63) is 35.2 Å². The molecule has 1 spiro atoms. The van der Waals surface area contributed by atoms with Crippen LogP contribution in [0.15, 0.2) is 30.3 Å². The molecule has 0 N–H and O–H groups in total. The van der Waals surface area contributed by atoms with Crippen molar-refractivity contribution in [1.29, 1.82) is 0 Å². The zero-order chi connectivity index (χ0) is 21.5. The Kier molecular flexibility index (Phi) is 5.42. The molecule has 30 heavy (non-hydrogen) atoms. The largest absolute Gasteiger partial charge is 0.437 e. The van der Waals surface area contributed by atoms with Crippen molar-refractivity contribution in [3.63, 3.8) is 0 Å². The normalized spacial score (nSPS) is 20.0. The predicted octanol–water partition coefficient (Wildman–Crippen LogP) is 5.06. The molecule has 2 aliphatic rings. The molecule has 162 valence electrons. The lowest BCUT2D eigenvalue weighted by Crippen LogP contribution is -2.55. The second kappa shape index (κ2) is 7.76. The van der Waals surface area contributed by atoms with Gasteiger partial charge in [0, 0.05) is 29.9 Å². The van der Waals surface area contributed by atoms with Crippen molar-refractivity contribution in [2.45, 2.75) is 50.4 Å². The van der Waals surface area contributed by atoms with Gasteiger partial charge in [0.25, 0.3) is 5.91 Å². The monoisotopic (exact) mass is 440 g/mol. The van der Waals surface area contributed by atoms with Crippen LogP contribution in [-0.4, -0.2) is 59.3 Å². The number of halogens is 3. The second-order valence-electron chi connectivity index (χ2n) is 7.99. The first-order chi connectivity index (χ1) is 14.2. The molecular formula is C21H23F3N2O3S. The highest BCUT2D eigenvalue weighted by Crippen LogP contribution is 2.40. The Labute approximate surface area is 176 Å². The maximum atomic E-state index is 13.3. The van der Waals surface area contributed by atoms with Crippen LogP contribution in [-0.2, 0) is 4.74 Å². The average molecular weight is 440 g/mol. The third-order valence-corrected chi connectivity index (χ3v) is 7.27. The van der Waals surface area contributed by atoms with Gasteiger partial charge in [0.05, 0.1) is 4.88 Å². The minimum atomic E-state index is -4.58. The molecule has 1 aromatic carbocycles. The van der Waals surface area contributed by atoms with E-state index >= 15 is 0 Å². The number of rotatable bonds is 2. The van der Waals surface area contributed by atoms with Crippen LogP contribution >= 0.6 is 11.3 Å². The maximum absolute atomic E-state index is 13.3. The summed E-state index contributed by atoms with van der Waals surface area (Å²) < 4.78 is 43.6. The second-order valence-corrected chi connectivity index (χ2v) is 9.07. The summed E-state index contributed by atoms with van der Waals surface area (Å²) in [6.07, 6.45) is -4.87. The summed E-state index contributed by atoms with van der Waals surface area (Å²) in [6.45, 7) is 2.04. The Morgan fingerprint density at radius 2 is 1.83 bits per heavy atom. The summed E-state index contributed by atoms with van der Waals surface area (Å²) in [5, 5.41) is 1.04. The standard InChI is InChI=1S/C21H23F3N2O3S/c1-14(21(22,23)24)29-19(28)25-11-8-20(9-12-25)7-4-10-26(20)18(27)17-13-15-5-2-3-6-16(15)30-17/h2-3,5-6,13-14H,4,7-12H2,1H3. The van der Waals surface area contributed by atoms with Crippen molar-refractivity contribution < 1.29 is 27.5 Å². The van der Waals surface area contributed by atoms with E-state index < -0.39 is 18.4 Å². The number of likely N-dealkylation sites (tertiary alicyclic amines) is 2. The third-order valence-electron chi connectivity index (χ3n) is 6.17. The third kappa shape index (κ3) is 3.87. The Morgan fingerprint density at radius 3 is 2.50 bits per heavy atom. The Bertz CT molecular complexity index is 917. The molecule has 0 radical (unpaired) electrons. The zero-order valence-corrected chi connectivity index (χ0v) is 17.4. The molecule has 4 rings (SSSR count). The van der Waals surface area contributed by atoms with Crippen LogP contribution in [0.1, 0.15) is 42.3 Å². The first-order valence-corrected chi connectivity index (χ1v) is 10.8. The molecule has 2 fully saturated rings. The van der Waals surface area contributed by atoms with Gasteiger partial charge in [0.1, 0.15) is 0 Å². The fourth-order valence-corrected chi connectivity index (χ4v) is 5.41. The van der Waals surface area contributed by atoms with Gasteiger partial charge in [-0.05, 0) is 50.1 Å². The van der Waals surface area contributed by atoms with Crippen molar-refractivity contribution in [3.8, 4) is 0 Å². The molecule has 3 heterocycles. The van der Waals surface area contributed by atoms with Gasteiger partial charge in [0.15, 0.2) is 6.10 Å². The van der Waals surface area contributed by atoms with Crippen LogP contribution in [0.25, 0.3) is 10.1 Å². The molecule has 0 aliphatic carbocycles. The highest BCUT2D eigenvalue weighted by molar-refractivity contribution is 7.20. The summed E-state index contributed by atoms with van der Waals surface area (Å²) in [5.74, 6) is -0.00424. The van der Waals surface area contributed by atoms with E-state index in [0.29, 0.717) is 24.3 Å². The van der Waals surface area contributed by atoms with E-state index in [0.717, 1.165) is 29.9 Å². The van der Waals surface area contributed by atoms with Gasteiger partial charge < -0.3 is 14.5 Å². The zero-order valence-electron chi connectivity index (χ0n) is 16.6. The summed E-state index contributed by atoms with van der Waals surface area (Å²) in [5.41, 5.74) is -0.348. The highest BCUT2D eigenvalue weighted by atomic mass is 32.1. The molecule has 1 unspecified atom stereocenters. The van der Waals surface area contributed by atoms with Crippen LogP contribution < -0.4 is 0 Å². The lowest BCUT2D eigenvalue weighted by molar-refractivity contribution is -0.200. The van der Waals surface area contributed by atoms with Crippen molar-refractivity contribution in [1.82, 2.24) is 9.80 Å². The van der Waals surface area contributed by atoms with E-state index in [4.69, 9.17) is 0 Å². The van der Waals surface area contributed by atoms with Gasteiger partial charge >= 0.3 is 12.3 Å². The number of ether oxygens (including phenoxy) is 1. The first kappa shape index (κ1) is 21.0. The Morgan fingerprint density at radius 1 is 1.13 bits per heavy atom. The molecule has 2 amide bonds. The number of hydrogen-bond acceptors (Lipinski definition) is 4. The van der Waals surface area contributed by atoms with E-state index in [1.54, 1.807) is 0 Å². The molecule has 2 aliphatic heterocycles. The summed E-state index contributed by atoms with van der Waals surface area (Å²) in [6, 6.07) is 9.77. The number of carbonyl (C=O) groups excluding carboxylic acids is 2. The van der Waals surface area contributed by atoms with Gasteiger partial charge in [-0.1, -0.05) is 18.2 Å². The molecule has 2 aromatic rings. The van der Waals surface area contributed by atoms with E-state index in [2.05, 4.69) is 4.74 Å². The quantitative estimate of drug-likeness (QED) is 0.656. The molecule has 9 heteroatoms. The molecule has 1 aromatic heterocycles. The SMILES string of the molecule is CC(OC(=O)N1CCC2(CCCN2C(=O)c2cc3ccccc3s2)CC1)C(F)(F)F. The van der Waals surface area contributed by atoms with E-state index in [9.17, 15) is 22.8 Å². The summed E-state index contributed by atoms with van der Waals surface area (Å²) >= 11 is 1.47. The van der Waals surface area contributed by atoms with Crippen LogP contribution in [0.3, 0.4) is 0 Å². The van der Waals surface area contributed by atoms with Crippen LogP contribution in [0.5, 0.6) is 0 Å². The molecule has 5 nitrogen and oxygen atoms in total. The minimum absolute atomic E-state index is 0.00424. The smallest absolute Gasteiger partial charge is 0.425 e. The van der Waals surface area contributed by atoms with Gasteiger partial charge in [-0.3, -0.25) is 4.79 Å². The molecule has 0 saturated carbocycles. The molecule has 1 atom stereocenters. The number of nitrogens with zero attached hydrogens (tertiary/aromatic N) is 2. The van der Waals surface area contributed by atoms with Crippen LogP contribution in [0, 0.1) is 0 Å². The number of benzene rings is 1. The number of fused-ring (bicyclic) bond motifs is 1. The van der Waals surface area contributed by atoms with Gasteiger partial charge in [-0.15, -0.1) is 11.3 Å². The summed E-state index contributed by atoms with van der Waals surface area (Å²) in [4.78, 5) is 29.3. The number of amides is 2. The summed E-state index contributed by atoms with van der Waals surface area (Å²) in [7, 11) is 0. The molecule has 0 bridgehead atoms. The van der Waals surface area contributed by atoms with E-state index in [-0.39, 0.29) is 24.5 Å². The highest BCUT2D eigenvalue weighted by Gasteiger charge is 2.47. The van der Waals surface area contributed by atoms with Crippen LogP contribution in [0.2, 0.25) is 0 Å². The average Bonchev–Trinajstić information content (AvgIpc) is 3.31. The number of piperidine rings is 1. The number of thiophene rings is 1. The van der Waals surface area contributed by atoms with Crippen LogP contribution in [0.4, 0.5) is 18.0 Å². The Balaban J connectivity index is 1.43. The number of alkyl halides is 3. The first-order valence-electron chi connectivity index (χ1n) is 10.0. The maximum Gasteiger partial charge on any atom is 0.425 e. The lowest BCUT2D eigenvalue weighted by atomic mass is 9.85. The lowest BCUT2D eigenvalue weighted by Gasteiger charge is -2.44. The van der Waals surface area contributed by atoms with Gasteiger partial charge in [0.2, 0.25) is 0 Å². The van der Waals surface area contributed by atoms with E-state index in [1.165, 1.54) is 16.2 Å². The fourth-order valence-electron chi connectivity index (χ4n) is 4.39. The van der Waals surface area contributed by atoms with Crippen molar-refractivity contribution >= 4 is 33.4 Å².